The Hall–Kier alpha value is -1.96. The number of rotatable bonds is 2. The Morgan fingerprint density at radius 3 is 2.47 bits per heavy atom. The average Bonchev–Trinajstić information content (AvgIpc) is 2.36. The Morgan fingerprint density at radius 1 is 1.26 bits per heavy atom. The average molecular weight is 263 g/mol. The fourth-order valence-electron chi connectivity index (χ4n) is 1.66. The van der Waals surface area contributed by atoms with Crippen molar-refractivity contribution in [3.8, 4) is 0 Å². The predicted octanol–water partition coefficient (Wildman–Crippen LogP) is -1.23. The van der Waals surface area contributed by atoms with Crippen molar-refractivity contribution in [2.75, 3.05) is 20.1 Å². The number of aryl methyl sites for hydroxylation is 1. The van der Waals surface area contributed by atoms with Crippen molar-refractivity contribution in [2.24, 2.45) is 0 Å². The van der Waals surface area contributed by atoms with E-state index in [0.29, 0.717) is 12.0 Å². The molecular formula is C11H14BN3O4. The molecule has 0 spiro atoms. The molecule has 2 rings (SSSR count). The monoisotopic (exact) mass is 263 g/mol. The first-order valence-electron chi connectivity index (χ1n) is 5.96. The van der Waals surface area contributed by atoms with Crippen LogP contribution in [0.15, 0.2) is 12.4 Å². The highest BCUT2D eigenvalue weighted by Crippen LogP contribution is 2.00. The molecule has 1 aliphatic heterocycles. The van der Waals surface area contributed by atoms with E-state index in [1.54, 1.807) is 13.2 Å². The molecule has 1 aromatic rings. The molecular weight excluding hydrogens is 249 g/mol. The summed E-state index contributed by atoms with van der Waals surface area (Å²) in [7, 11) is 0.521. The summed E-state index contributed by atoms with van der Waals surface area (Å²) in [6, 6.07) is 0. The van der Waals surface area contributed by atoms with E-state index in [0.717, 1.165) is 5.69 Å². The summed E-state index contributed by atoms with van der Waals surface area (Å²) < 4.78 is 10.2. The zero-order chi connectivity index (χ0) is 13.8. The van der Waals surface area contributed by atoms with Crippen molar-refractivity contribution in [3.63, 3.8) is 0 Å². The molecule has 0 bridgehead atoms. The van der Waals surface area contributed by atoms with E-state index >= 15 is 0 Å². The molecule has 1 fully saturated rings. The third-order valence-electron chi connectivity index (χ3n) is 2.58. The summed E-state index contributed by atoms with van der Waals surface area (Å²) in [5, 5.41) is 0. The smallest absolute Gasteiger partial charge is 0.493 e. The first-order chi connectivity index (χ1) is 9.08. The van der Waals surface area contributed by atoms with Crippen LogP contribution in [0.4, 0.5) is 0 Å². The predicted molar refractivity (Wildman–Crippen MR) is 66.5 cm³/mol. The van der Waals surface area contributed by atoms with Gasteiger partial charge in [0.1, 0.15) is 5.59 Å². The second-order valence-electron chi connectivity index (χ2n) is 4.27. The van der Waals surface area contributed by atoms with Crippen molar-refractivity contribution in [1.82, 2.24) is 14.9 Å². The first-order valence-corrected chi connectivity index (χ1v) is 5.96. The first kappa shape index (κ1) is 13.5. The SMILES string of the molecule is CCc1cncc(B2OC(=O)CN(C)CC(=O)O2)n1. The maximum absolute atomic E-state index is 11.6. The van der Waals surface area contributed by atoms with Gasteiger partial charge >= 0.3 is 19.1 Å². The fourth-order valence-corrected chi connectivity index (χ4v) is 1.66. The normalized spacial score (nSPS) is 17.5. The Labute approximate surface area is 111 Å². The summed E-state index contributed by atoms with van der Waals surface area (Å²) in [4.78, 5) is 32.9. The van der Waals surface area contributed by atoms with Gasteiger partial charge in [-0.1, -0.05) is 6.92 Å². The van der Waals surface area contributed by atoms with Gasteiger partial charge < -0.3 is 9.31 Å². The summed E-state index contributed by atoms with van der Waals surface area (Å²) in [5.41, 5.74) is 1.06. The van der Waals surface area contributed by atoms with Crippen molar-refractivity contribution in [3.05, 3.63) is 18.1 Å². The van der Waals surface area contributed by atoms with Crippen molar-refractivity contribution in [1.29, 1.82) is 0 Å². The molecule has 0 aromatic carbocycles. The molecule has 8 heteroatoms. The topological polar surface area (TPSA) is 81.6 Å². The Balaban J connectivity index is 2.21. The molecule has 100 valence electrons. The number of carbonyl (C=O) groups excluding carboxylic acids is 2. The van der Waals surface area contributed by atoms with E-state index < -0.39 is 19.1 Å². The lowest BCUT2D eigenvalue weighted by Crippen LogP contribution is -2.49. The Morgan fingerprint density at radius 2 is 1.89 bits per heavy atom. The number of hydrogen-bond donors (Lipinski definition) is 0. The minimum atomic E-state index is -1.12. The van der Waals surface area contributed by atoms with E-state index in [9.17, 15) is 9.59 Å². The van der Waals surface area contributed by atoms with Gasteiger partial charge in [0.2, 0.25) is 0 Å². The van der Waals surface area contributed by atoms with Gasteiger partial charge in [0.25, 0.3) is 0 Å². The van der Waals surface area contributed by atoms with Crippen LogP contribution < -0.4 is 5.59 Å². The molecule has 0 unspecified atom stereocenters. The van der Waals surface area contributed by atoms with E-state index in [4.69, 9.17) is 9.31 Å². The largest absolute Gasteiger partial charge is 0.657 e. The van der Waals surface area contributed by atoms with Gasteiger partial charge in [0.15, 0.2) is 0 Å². The Kier molecular flexibility index (Phi) is 4.11. The van der Waals surface area contributed by atoms with Crippen LogP contribution in [0.3, 0.4) is 0 Å². The third-order valence-corrected chi connectivity index (χ3v) is 2.58. The number of likely N-dealkylation sites (N-methyl/N-ethyl adjacent to an activating group) is 1. The highest BCUT2D eigenvalue weighted by Gasteiger charge is 2.35. The highest BCUT2D eigenvalue weighted by molar-refractivity contribution is 6.63. The van der Waals surface area contributed by atoms with Gasteiger partial charge in [-0.3, -0.25) is 24.5 Å². The van der Waals surface area contributed by atoms with Gasteiger partial charge in [-0.2, -0.15) is 0 Å². The minimum Gasteiger partial charge on any atom is -0.493 e. The molecule has 2 heterocycles. The quantitative estimate of drug-likeness (QED) is 0.617. The van der Waals surface area contributed by atoms with Crippen LogP contribution in [0.2, 0.25) is 0 Å². The van der Waals surface area contributed by atoms with E-state index in [2.05, 4.69) is 9.97 Å². The minimum absolute atomic E-state index is 0.0342. The zero-order valence-corrected chi connectivity index (χ0v) is 10.8. The van der Waals surface area contributed by atoms with Gasteiger partial charge in [-0.05, 0) is 13.5 Å². The summed E-state index contributed by atoms with van der Waals surface area (Å²) in [6.07, 6.45) is 3.73. The zero-order valence-electron chi connectivity index (χ0n) is 10.8. The van der Waals surface area contributed by atoms with Crippen molar-refractivity contribution in [2.45, 2.75) is 13.3 Å². The summed E-state index contributed by atoms with van der Waals surface area (Å²) >= 11 is 0. The van der Waals surface area contributed by atoms with Crippen molar-refractivity contribution < 1.29 is 18.9 Å². The van der Waals surface area contributed by atoms with E-state index in [1.165, 1.54) is 11.1 Å². The van der Waals surface area contributed by atoms with E-state index in [1.807, 2.05) is 6.92 Å². The molecule has 0 aliphatic carbocycles. The molecule has 0 saturated carbocycles. The molecule has 1 saturated heterocycles. The van der Waals surface area contributed by atoms with Gasteiger partial charge in [-0.25, -0.2) is 0 Å². The number of carbonyl (C=O) groups is 2. The van der Waals surface area contributed by atoms with Gasteiger partial charge in [-0.15, -0.1) is 0 Å². The van der Waals surface area contributed by atoms with Crippen molar-refractivity contribution >= 4 is 24.7 Å². The number of nitrogens with zero attached hydrogens (tertiary/aromatic N) is 3. The van der Waals surface area contributed by atoms with Crippen LogP contribution >= 0.6 is 0 Å². The molecule has 1 aliphatic rings. The molecule has 0 atom stereocenters. The van der Waals surface area contributed by atoms with Crippen LogP contribution in [0.25, 0.3) is 0 Å². The molecule has 7 nitrogen and oxygen atoms in total. The molecule has 0 amide bonds. The van der Waals surface area contributed by atoms with Crippen LogP contribution in [-0.2, 0) is 25.3 Å². The molecule has 0 radical (unpaired) electrons. The Bertz CT molecular complexity index is 477. The lowest BCUT2D eigenvalue weighted by molar-refractivity contribution is -0.145. The lowest BCUT2D eigenvalue weighted by atomic mass is 9.84. The highest BCUT2D eigenvalue weighted by atomic mass is 16.6. The second-order valence-corrected chi connectivity index (χ2v) is 4.27. The lowest BCUT2D eigenvalue weighted by Gasteiger charge is -2.22. The second kappa shape index (κ2) is 5.79. The van der Waals surface area contributed by atoms with Crippen LogP contribution in [0.5, 0.6) is 0 Å². The molecule has 19 heavy (non-hydrogen) atoms. The maximum Gasteiger partial charge on any atom is 0.657 e. The van der Waals surface area contributed by atoms with Crippen LogP contribution in [0, 0.1) is 0 Å². The van der Waals surface area contributed by atoms with Crippen LogP contribution in [-0.4, -0.2) is 54.1 Å². The summed E-state index contributed by atoms with van der Waals surface area (Å²) in [5.74, 6) is -0.938. The van der Waals surface area contributed by atoms with Gasteiger partial charge in [0.05, 0.1) is 18.8 Å². The van der Waals surface area contributed by atoms with E-state index in [-0.39, 0.29) is 13.1 Å². The summed E-state index contributed by atoms with van der Waals surface area (Å²) in [6.45, 7) is 2.00. The molecule has 0 N–H and O–H groups in total. The standard InChI is InChI=1S/C11H14BN3O4/c1-3-8-4-13-5-9(14-8)12-18-10(16)6-15(2)7-11(17)19-12/h4-5H,3,6-7H2,1-2H3. The fraction of sp³-hybridized carbons (Fsp3) is 0.455. The third kappa shape index (κ3) is 3.51. The van der Waals surface area contributed by atoms with Gasteiger partial charge in [0, 0.05) is 12.4 Å². The molecule has 1 aromatic heterocycles. The van der Waals surface area contributed by atoms with Crippen LogP contribution in [0.1, 0.15) is 12.6 Å². The number of aromatic nitrogens is 2. The number of hydrogen-bond acceptors (Lipinski definition) is 7. The maximum atomic E-state index is 11.6.